The van der Waals surface area contributed by atoms with Crippen LogP contribution < -0.4 is 0 Å². The molecule has 0 N–H and O–H groups in total. The van der Waals surface area contributed by atoms with Crippen molar-refractivity contribution in [2.75, 3.05) is 5.33 Å². The number of alkyl halides is 1. The first-order valence-electron chi connectivity index (χ1n) is 5.55. The second-order valence-corrected chi connectivity index (χ2v) is 4.84. The Hall–Kier alpha value is -0.900. The summed E-state index contributed by atoms with van der Waals surface area (Å²) in [6.07, 6.45) is 6.44. The van der Waals surface area contributed by atoms with Crippen molar-refractivity contribution in [2.24, 2.45) is 0 Å². The lowest BCUT2D eigenvalue weighted by Crippen LogP contribution is -2.32. The average Bonchev–Trinajstić information content (AvgIpc) is 3.11. The molecule has 0 unspecified atom stereocenters. The normalized spacial score (nSPS) is 14.8. The maximum atomic E-state index is 11.9. The smallest absolute Gasteiger partial charge is 0.223 e. The third-order valence-electron chi connectivity index (χ3n) is 2.72. The molecule has 3 nitrogen and oxygen atoms in total. The SMILES string of the molecule is O=C(CCBr)N(Cc1ccncc1)C1CC1. The van der Waals surface area contributed by atoms with Crippen molar-refractivity contribution >= 4 is 21.8 Å². The van der Waals surface area contributed by atoms with E-state index in [1.165, 1.54) is 0 Å². The molecule has 0 radical (unpaired) electrons. The summed E-state index contributed by atoms with van der Waals surface area (Å²) in [5.74, 6) is 0.246. The zero-order valence-corrected chi connectivity index (χ0v) is 10.7. The molecule has 0 bridgehead atoms. The standard InChI is InChI=1S/C12H15BrN2O/c13-6-3-12(16)15(11-1-2-11)9-10-4-7-14-8-5-10/h4-5,7-8,11H,1-3,6,9H2. The van der Waals surface area contributed by atoms with Crippen LogP contribution in [0.4, 0.5) is 0 Å². The summed E-state index contributed by atoms with van der Waals surface area (Å²) in [7, 11) is 0. The van der Waals surface area contributed by atoms with Gasteiger partial charge in [-0.25, -0.2) is 0 Å². The van der Waals surface area contributed by atoms with Gasteiger partial charge in [0.2, 0.25) is 5.91 Å². The topological polar surface area (TPSA) is 33.2 Å². The number of amides is 1. The van der Waals surface area contributed by atoms with Gasteiger partial charge < -0.3 is 4.90 Å². The lowest BCUT2D eigenvalue weighted by atomic mass is 10.2. The molecule has 0 aromatic carbocycles. The van der Waals surface area contributed by atoms with E-state index in [1.807, 2.05) is 17.0 Å². The van der Waals surface area contributed by atoms with Crippen LogP contribution in [0.2, 0.25) is 0 Å². The zero-order valence-electron chi connectivity index (χ0n) is 9.10. The Bertz CT molecular complexity index is 351. The van der Waals surface area contributed by atoms with Crippen molar-refractivity contribution in [3.63, 3.8) is 0 Å². The number of hydrogen-bond acceptors (Lipinski definition) is 2. The molecule has 0 saturated heterocycles. The molecule has 0 spiro atoms. The van der Waals surface area contributed by atoms with Crippen molar-refractivity contribution in [3.05, 3.63) is 30.1 Å². The molecule has 0 aliphatic heterocycles. The summed E-state index contributed by atoms with van der Waals surface area (Å²) >= 11 is 3.32. The number of halogens is 1. The van der Waals surface area contributed by atoms with Crippen molar-refractivity contribution in [1.29, 1.82) is 0 Å². The Kier molecular flexibility index (Phi) is 3.93. The molecule has 86 valence electrons. The number of pyridine rings is 1. The fourth-order valence-electron chi connectivity index (χ4n) is 1.72. The predicted octanol–water partition coefficient (Wildman–Crippen LogP) is 2.36. The van der Waals surface area contributed by atoms with Gasteiger partial charge in [0.05, 0.1) is 0 Å². The van der Waals surface area contributed by atoms with Gasteiger partial charge in [0.1, 0.15) is 0 Å². The molecule has 1 aliphatic rings. The predicted molar refractivity (Wildman–Crippen MR) is 66.2 cm³/mol. The van der Waals surface area contributed by atoms with Crippen LogP contribution >= 0.6 is 15.9 Å². The Labute approximate surface area is 104 Å². The molecule has 2 rings (SSSR count). The van der Waals surface area contributed by atoms with Crippen LogP contribution in [-0.4, -0.2) is 27.2 Å². The molecule has 1 aromatic rings. The van der Waals surface area contributed by atoms with E-state index in [0.717, 1.165) is 30.3 Å². The third-order valence-corrected chi connectivity index (χ3v) is 3.12. The fraction of sp³-hybridized carbons (Fsp3) is 0.500. The number of hydrogen-bond donors (Lipinski definition) is 0. The van der Waals surface area contributed by atoms with Crippen molar-refractivity contribution in [3.8, 4) is 0 Å². The minimum Gasteiger partial charge on any atom is -0.335 e. The van der Waals surface area contributed by atoms with Gasteiger partial charge in [0.25, 0.3) is 0 Å². The second-order valence-electron chi connectivity index (χ2n) is 4.05. The van der Waals surface area contributed by atoms with E-state index in [0.29, 0.717) is 12.5 Å². The van der Waals surface area contributed by atoms with Crippen molar-refractivity contribution in [1.82, 2.24) is 9.88 Å². The molecule has 1 aromatic heterocycles. The number of rotatable bonds is 5. The van der Waals surface area contributed by atoms with E-state index in [4.69, 9.17) is 0 Å². The lowest BCUT2D eigenvalue weighted by Gasteiger charge is -2.22. The molecule has 1 amide bonds. The Balaban J connectivity index is 2.00. The van der Waals surface area contributed by atoms with Gasteiger partial charge in [-0.15, -0.1) is 0 Å². The maximum absolute atomic E-state index is 11.9. The highest BCUT2D eigenvalue weighted by atomic mass is 79.9. The van der Waals surface area contributed by atoms with Crippen LogP contribution in [0.3, 0.4) is 0 Å². The summed E-state index contributed by atoms with van der Waals surface area (Å²) in [5, 5.41) is 0.741. The highest BCUT2D eigenvalue weighted by Crippen LogP contribution is 2.28. The molecule has 1 aliphatic carbocycles. The van der Waals surface area contributed by atoms with E-state index >= 15 is 0 Å². The van der Waals surface area contributed by atoms with E-state index in [2.05, 4.69) is 20.9 Å². The van der Waals surface area contributed by atoms with Gasteiger partial charge in [-0.3, -0.25) is 9.78 Å². The molecule has 1 heterocycles. The van der Waals surface area contributed by atoms with Gasteiger partial charge in [-0.2, -0.15) is 0 Å². The molecule has 1 fully saturated rings. The minimum atomic E-state index is 0.246. The Morgan fingerprint density at radius 2 is 2.12 bits per heavy atom. The maximum Gasteiger partial charge on any atom is 0.223 e. The van der Waals surface area contributed by atoms with Crippen LogP contribution in [-0.2, 0) is 11.3 Å². The number of carbonyl (C=O) groups is 1. The van der Waals surface area contributed by atoms with E-state index < -0.39 is 0 Å². The van der Waals surface area contributed by atoms with Crippen molar-refractivity contribution in [2.45, 2.75) is 31.8 Å². The van der Waals surface area contributed by atoms with Crippen LogP contribution in [0.1, 0.15) is 24.8 Å². The monoisotopic (exact) mass is 282 g/mol. The van der Waals surface area contributed by atoms with Crippen LogP contribution in [0.25, 0.3) is 0 Å². The van der Waals surface area contributed by atoms with Gasteiger partial charge in [-0.1, -0.05) is 15.9 Å². The minimum absolute atomic E-state index is 0.246. The summed E-state index contributed by atoms with van der Waals surface area (Å²) in [6.45, 7) is 0.721. The highest BCUT2D eigenvalue weighted by Gasteiger charge is 2.31. The van der Waals surface area contributed by atoms with Gasteiger partial charge in [0, 0.05) is 36.7 Å². The quantitative estimate of drug-likeness (QED) is 0.777. The third kappa shape index (κ3) is 3.04. The van der Waals surface area contributed by atoms with Gasteiger partial charge in [0.15, 0.2) is 0 Å². The second kappa shape index (κ2) is 5.43. The molecular weight excluding hydrogens is 268 g/mol. The van der Waals surface area contributed by atoms with Crippen LogP contribution in [0.5, 0.6) is 0 Å². The highest BCUT2D eigenvalue weighted by molar-refractivity contribution is 9.09. The number of nitrogens with zero attached hydrogens (tertiary/aromatic N) is 2. The number of aromatic nitrogens is 1. The first-order valence-corrected chi connectivity index (χ1v) is 6.67. The summed E-state index contributed by atoms with van der Waals surface area (Å²) in [4.78, 5) is 17.9. The van der Waals surface area contributed by atoms with Gasteiger partial charge >= 0.3 is 0 Å². The first-order chi connectivity index (χ1) is 7.81. The zero-order chi connectivity index (χ0) is 11.4. The fourth-order valence-corrected chi connectivity index (χ4v) is 2.06. The molecule has 0 atom stereocenters. The van der Waals surface area contributed by atoms with Crippen LogP contribution in [0, 0.1) is 0 Å². The molecule has 1 saturated carbocycles. The lowest BCUT2D eigenvalue weighted by molar-refractivity contribution is -0.131. The van der Waals surface area contributed by atoms with Crippen LogP contribution in [0.15, 0.2) is 24.5 Å². The van der Waals surface area contributed by atoms with E-state index in [-0.39, 0.29) is 5.91 Å². The van der Waals surface area contributed by atoms with Gasteiger partial charge in [-0.05, 0) is 30.5 Å². The average molecular weight is 283 g/mol. The van der Waals surface area contributed by atoms with E-state index in [1.54, 1.807) is 12.4 Å². The summed E-state index contributed by atoms with van der Waals surface area (Å²) < 4.78 is 0. The molecular formula is C12H15BrN2O. The molecule has 16 heavy (non-hydrogen) atoms. The Morgan fingerprint density at radius 3 is 2.69 bits per heavy atom. The largest absolute Gasteiger partial charge is 0.335 e. The molecule has 4 heteroatoms. The summed E-state index contributed by atoms with van der Waals surface area (Å²) in [6, 6.07) is 4.41. The van der Waals surface area contributed by atoms with Crippen molar-refractivity contribution < 1.29 is 4.79 Å². The Morgan fingerprint density at radius 1 is 1.44 bits per heavy atom. The van der Waals surface area contributed by atoms with E-state index in [9.17, 15) is 4.79 Å². The first kappa shape index (κ1) is 11.6. The number of carbonyl (C=O) groups excluding carboxylic acids is 1. The summed E-state index contributed by atoms with van der Waals surface area (Å²) in [5.41, 5.74) is 1.16.